The second-order valence-electron chi connectivity index (χ2n) is 6.57. The van der Waals surface area contributed by atoms with E-state index in [0.717, 1.165) is 18.2 Å². The SMILES string of the molecule is COc1n[nH]c2ncc(C#Cc3c(F)ccc(NS(=O)(=O)c4cc(F)ccc4F)c3F)cc12. The van der Waals surface area contributed by atoms with Crippen LogP contribution in [0.25, 0.3) is 11.0 Å². The lowest BCUT2D eigenvalue weighted by molar-refractivity contribution is 0.401. The van der Waals surface area contributed by atoms with Crippen molar-refractivity contribution in [3.05, 3.63) is 77.0 Å². The Morgan fingerprint density at radius 3 is 2.55 bits per heavy atom. The number of halogens is 4. The minimum Gasteiger partial charge on any atom is -0.479 e. The molecule has 2 aromatic carbocycles. The van der Waals surface area contributed by atoms with E-state index in [9.17, 15) is 26.0 Å². The highest BCUT2D eigenvalue weighted by Gasteiger charge is 2.23. The molecular formula is C21H12F4N4O3S. The Morgan fingerprint density at radius 1 is 1.03 bits per heavy atom. The number of sulfonamides is 1. The maximum atomic E-state index is 14.9. The highest BCUT2D eigenvalue weighted by Crippen LogP contribution is 2.25. The van der Waals surface area contributed by atoms with Crippen molar-refractivity contribution >= 4 is 26.7 Å². The first-order chi connectivity index (χ1) is 15.7. The summed E-state index contributed by atoms with van der Waals surface area (Å²) in [6.45, 7) is 0. The fraction of sp³-hybridized carbons (Fsp3) is 0.0476. The molecule has 0 amide bonds. The second-order valence-corrected chi connectivity index (χ2v) is 8.22. The predicted octanol–water partition coefficient (Wildman–Crippen LogP) is 3.72. The number of ether oxygens (including phenoxy) is 1. The Kier molecular flexibility index (Phi) is 5.65. The fourth-order valence-electron chi connectivity index (χ4n) is 2.87. The largest absolute Gasteiger partial charge is 0.479 e. The Bertz CT molecular complexity index is 1560. The van der Waals surface area contributed by atoms with E-state index < -0.39 is 49.4 Å². The first-order valence-electron chi connectivity index (χ1n) is 9.05. The van der Waals surface area contributed by atoms with E-state index in [0.29, 0.717) is 23.2 Å². The highest BCUT2D eigenvalue weighted by molar-refractivity contribution is 7.92. The molecule has 0 fully saturated rings. The minimum atomic E-state index is -4.72. The van der Waals surface area contributed by atoms with E-state index in [1.165, 1.54) is 19.4 Å². The van der Waals surface area contributed by atoms with Gasteiger partial charge in [0.05, 0.1) is 23.7 Å². The molecule has 0 bridgehead atoms. The number of pyridine rings is 1. The molecule has 7 nitrogen and oxygen atoms in total. The van der Waals surface area contributed by atoms with Gasteiger partial charge in [-0.1, -0.05) is 11.8 Å². The quantitative estimate of drug-likeness (QED) is 0.346. The number of aromatic amines is 1. The van der Waals surface area contributed by atoms with Crippen LogP contribution in [0.5, 0.6) is 5.88 Å². The summed E-state index contributed by atoms with van der Waals surface area (Å²) in [7, 11) is -3.32. The monoisotopic (exact) mass is 476 g/mol. The molecule has 0 spiro atoms. The van der Waals surface area contributed by atoms with E-state index in [1.807, 2.05) is 0 Å². The number of methoxy groups -OCH3 is 1. The maximum absolute atomic E-state index is 14.9. The van der Waals surface area contributed by atoms with Crippen LogP contribution in [0.3, 0.4) is 0 Å². The maximum Gasteiger partial charge on any atom is 0.265 e. The number of rotatable bonds is 4. The average Bonchev–Trinajstić information content (AvgIpc) is 3.19. The normalized spacial score (nSPS) is 11.2. The van der Waals surface area contributed by atoms with Crippen LogP contribution < -0.4 is 9.46 Å². The van der Waals surface area contributed by atoms with Crippen LogP contribution in [0.4, 0.5) is 23.2 Å². The van der Waals surface area contributed by atoms with E-state index >= 15 is 0 Å². The number of anilines is 1. The molecule has 2 heterocycles. The highest BCUT2D eigenvalue weighted by atomic mass is 32.2. The molecule has 4 aromatic rings. The Labute approximate surface area is 184 Å². The van der Waals surface area contributed by atoms with Crippen LogP contribution in [0, 0.1) is 35.1 Å². The summed E-state index contributed by atoms with van der Waals surface area (Å²) < 4.78 is 88.1. The standard InChI is InChI=1S/C21H12F4N4O3S/c1-32-21-14-8-11(10-26-20(14)27-28-21)2-4-13-15(23)6-7-17(19(13)25)29-33(30,31)18-9-12(22)3-5-16(18)24/h3,5-10,29H,1H3,(H,26,27,28). The molecule has 0 unspecified atom stereocenters. The Morgan fingerprint density at radius 2 is 1.79 bits per heavy atom. The Balaban J connectivity index is 1.71. The zero-order chi connectivity index (χ0) is 23.8. The van der Waals surface area contributed by atoms with Crippen molar-refractivity contribution < 1.29 is 30.7 Å². The lowest BCUT2D eigenvalue weighted by atomic mass is 10.1. The van der Waals surface area contributed by atoms with Gasteiger partial charge in [-0.2, -0.15) is 0 Å². The molecule has 0 saturated heterocycles. The van der Waals surface area contributed by atoms with Crippen molar-refractivity contribution in [3.8, 4) is 17.7 Å². The van der Waals surface area contributed by atoms with E-state index in [1.54, 1.807) is 4.72 Å². The average molecular weight is 476 g/mol. The molecule has 0 radical (unpaired) electrons. The van der Waals surface area contributed by atoms with Gasteiger partial charge in [0.1, 0.15) is 22.3 Å². The number of aromatic nitrogens is 3. The van der Waals surface area contributed by atoms with E-state index in [2.05, 4.69) is 27.0 Å². The second kappa shape index (κ2) is 8.44. The molecule has 0 atom stereocenters. The first kappa shape index (κ1) is 22.1. The molecular weight excluding hydrogens is 464 g/mol. The topological polar surface area (TPSA) is 97.0 Å². The number of H-pyrrole nitrogens is 1. The van der Waals surface area contributed by atoms with E-state index in [-0.39, 0.29) is 11.4 Å². The molecule has 0 aliphatic carbocycles. The molecule has 33 heavy (non-hydrogen) atoms. The van der Waals surface area contributed by atoms with Crippen molar-refractivity contribution in [3.63, 3.8) is 0 Å². The number of benzene rings is 2. The summed E-state index contributed by atoms with van der Waals surface area (Å²) in [5, 5.41) is 7.02. The first-order valence-corrected chi connectivity index (χ1v) is 10.5. The molecule has 4 rings (SSSR count). The number of fused-ring (bicyclic) bond motifs is 1. The molecule has 2 N–H and O–H groups in total. The third-order valence-electron chi connectivity index (χ3n) is 4.42. The van der Waals surface area contributed by atoms with Gasteiger partial charge in [-0.25, -0.2) is 31.0 Å². The summed E-state index contributed by atoms with van der Waals surface area (Å²) in [5.41, 5.74) is -0.756. The zero-order valence-electron chi connectivity index (χ0n) is 16.6. The van der Waals surface area contributed by atoms with Crippen LogP contribution in [0.2, 0.25) is 0 Å². The predicted molar refractivity (Wildman–Crippen MR) is 110 cm³/mol. The van der Waals surface area contributed by atoms with Gasteiger partial charge in [-0.15, -0.1) is 5.10 Å². The zero-order valence-corrected chi connectivity index (χ0v) is 17.4. The van der Waals surface area contributed by atoms with Crippen LogP contribution in [-0.2, 0) is 10.0 Å². The van der Waals surface area contributed by atoms with Crippen LogP contribution in [0.15, 0.2) is 47.5 Å². The van der Waals surface area contributed by atoms with E-state index in [4.69, 9.17) is 4.74 Å². The van der Waals surface area contributed by atoms with Crippen molar-refractivity contribution in [1.29, 1.82) is 0 Å². The Hall–Kier alpha value is -4.11. The lowest BCUT2D eigenvalue weighted by Gasteiger charge is -2.11. The van der Waals surface area contributed by atoms with Crippen LogP contribution >= 0.6 is 0 Å². The van der Waals surface area contributed by atoms with Gasteiger partial charge < -0.3 is 4.74 Å². The van der Waals surface area contributed by atoms with Gasteiger partial charge in [-0.05, 0) is 36.4 Å². The third-order valence-corrected chi connectivity index (χ3v) is 5.81. The summed E-state index contributed by atoms with van der Waals surface area (Å²) in [5.74, 6) is 0.432. The van der Waals surface area contributed by atoms with Crippen molar-refractivity contribution in [2.75, 3.05) is 11.8 Å². The van der Waals surface area contributed by atoms with Gasteiger partial charge in [0.15, 0.2) is 11.5 Å². The molecule has 0 aliphatic heterocycles. The lowest BCUT2D eigenvalue weighted by Crippen LogP contribution is -2.16. The smallest absolute Gasteiger partial charge is 0.265 e. The van der Waals surface area contributed by atoms with Gasteiger partial charge >= 0.3 is 0 Å². The fourth-order valence-corrected chi connectivity index (χ4v) is 4.02. The van der Waals surface area contributed by atoms with Gasteiger partial charge in [0.25, 0.3) is 10.0 Å². The molecule has 2 aromatic heterocycles. The van der Waals surface area contributed by atoms with Crippen molar-refractivity contribution in [2.45, 2.75) is 4.90 Å². The molecule has 168 valence electrons. The van der Waals surface area contributed by atoms with Crippen LogP contribution in [-0.4, -0.2) is 30.7 Å². The van der Waals surface area contributed by atoms with Gasteiger partial charge in [-0.3, -0.25) is 9.82 Å². The van der Waals surface area contributed by atoms with Crippen molar-refractivity contribution in [1.82, 2.24) is 15.2 Å². The molecule has 0 saturated carbocycles. The number of nitrogens with one attached hydrogen (secondary N) is 2. The third kappa shape index (κ3) is 4.31. The minimum absolute atomic E-state index is 0.250. The number of nitrogens with zero attached hydrogens (tertiary/aromatic N) is 2. The van der Waals surface area contributed by atoms with Crippen molar-refractivity contribution in [2.24, 2.45) is 0 Å². The summed E-state index contributed by atoms with van der Waals surface area (Å²) in [6, 6.07) is 4.90. The number of hydrogen-bond donors (Lipinski definition) is 2. The van der Waals surface area contributed by atoms with Gasteiger partial charge in [0, 0.05) is 11.8 Å². The molecule has 0 aliphatic rings. The summed E-state index contributed by atoms with van der Waals surface area (Å²) in [4.78, 5) is 3.04. The van der Waals surface area contributed by atoms with Crippen LogP contribution in [0.1, 0.15) is 11.1 Å². The summed E-state index contributed by atoms with van der Waals surface area (Å²) >= 11 is 0. The van der Waals surface area contributed by atoms with Gasteiger partial charge in [0.2, 0.25) is 5.88 Å². The summed E-state index contributed by atoms with van der Waals surface area (Å²) in [6.07, 6.45) is 1.34. The molecule has 12 heteroatoms. The number of hydrogen-bond acceptors (Lipinski definition) is 5.